The quantitative estimate of drug-likeness (QED) is 0.803. The van der Waals surface area contributed by atoms with Crippen LogP contribution < -0.4 is 15.2 Å². The molecule has 2 rings (SSSR count). The highest BCUT2D eigenvalue weighted by Gasteiger charge is 2.08. The van der Waals surface area contributed by atoms with Crippen LogP contribution in [-0.4, -0.2) is 16.7 Å². The predicted octanol–water partition coefficient (Wildman–Crippen LogP) is 3.00. The Kier molecular flexibility index (Phi) is 5.00. The summed E-state index contributed by atoms with van der Waals surface area (Å²) in [4.78, 5) is 0.315. The smallest absolute Gasteiger partial charge is 0.161 e. The Balaban J connectivity index is 2.16. The van der Waals surface area contributed by atoms with Crippen LogP contribution in [0.2, 0.25) is 0 Å². The summed E-state index contributed by atoms with van der Waals surface area (Å²) in [5.41, 5.74) is 7.22. The lowest BCUT2D eigenvalue weighted by Gasteiger charge is -2.13. The van der Waals surface area contributed by atoms with Crippen molar-refractivity contribution in [1.82, 2.24) is 0 Å². The Bertz CT molecular complexity index is 643. The lowest BCUT2D eigenvalue weighted by atomic mass is 10.2. The predicted molar refractivity (Wildman–Crippen MR) is 85.9 cm³/mol. The molecule has 2 aromatic carbocycles. The Morgan fingerprint density at radius 3 is 2.62 bits per heavy atom. The second-order valence-electron chi connectivity index (χ2n) is 4.42. The fourth-order valence-corrected chi connectivity index (χ4v) is 1.98. The number of nitrogens with two attached hydrogens (primary N) is 1. The van der Waals surface area contributed by atoms with E-state index in [2.05, 4.69) is 0 Å². The summed E-state index contributed by atoms with van der Waals surface area (Å²) in [6.07, 6.45) is 0. The summed E-state index contributed by atoms with van der Waals surface area (Å²) in [5, 5.41) is 9.44. The Hall–Kier alpha value is -2.27. The second-order valence-corrected chi connectivity index (χ2v) is 4.86. The van der Waals surface area contributed by atoms with E-state index in [-0.39, 0.29) is 5.75 Å². The van der Waals surface area contributed by atoms with Gasteiger partial charge in [-0.05, 0) is 42.8 Å². The molecule has 0 unspecified atom stereocenters. The first kappa shape index (κ1) is 15.1. The van der Waals surface area contributed by atoms with Crippen LogP contribution in [0.25, 0.3) is 0 Å². The van der Waals surface area contributed by atoms with Crippen LogP contribution in [0.4, 0.5) is 0 Å². The molecule has 0 aliphatic carbocycles. The highest BCUT2D eigenvalue weighted by Crippen LogP contribution is 2.29. The molecule has 0 spiro atoms. The lowest BCUT2D eigenvalue weighted by Crippen LogP contribution is -2.10. The summed E-state index contributed by atoms with van der Waals surface area (Å²) < 4.78 is 11.3. The first-order valence-electron chi connectivity index (χ1n) is 6.57. The summed E-state index contributed by atoms with van der Waals surface area (Å²) in [7, 11) is 0. The van der Waals surface area contributed by atoms with E-state index in [0.717, 1.165) is 11.1 Å². The molecule has 4 nitrogen and oxygen atoms in total. The van der Waals surface area contributed by atoms with Crippen LogP contribution in [-0.2, 0) is 6.61 Å². The molecule has 0 aliphatic heterocycles. The van der Waals surface area contributed by atoms with Crippen molar-refractivity contribution in [3.05, 3.63) is 53.6 Å². The molecule has 0 aliphatic rings. The minimum atomic E-state index is 0.213. The van der Waals surface area contributed by atoms with Crippen molar-refractivity contribution in [3.63, 3.8) is 0 Å². The topological polar surface area (TPSA) is 64.7 Å². The molecule has 0 fully saturated rings. The van der Waals surface area contributed by atoms with Gasteiger partial charge in [-0.15, -0.1) is 0 Å². The van der Waals surface area contributed by atoms with E-state index in [1.807, 2.05) is 13.0 Å². The van der Waals surface area contributed by atoms with Crippen LogP contribution in [0, 0.1) is 0 Å². The van der Waals surface area contributed by atoms with Crippen LogP contribution in [0.3, 0.4) is 0 Å². The first-order valence-corrected chi connectivity index (χ1v) is 6.98. The van der Waals surface area contributed by atoms with Gasteiger partial charge in [-0.25, -0.2) is 0 Å². The molecule has 0 heterocycles. The number of phenolic OH excluding ortho intramolecular Hbond substituents is 1. The van der Waals surface area contributed by atoms with Crippen LogP contribution >= 0.6 is 12.2 Å². The number of aromatic hydroxyl groups is 1. The van der Waals surface area contributed by atoms with Crippen LogP contribution in [0.15, 0.2) is 42.5 Å². The van der Waals surface area contributed by atoms with Gasteiger partial charge in [-0.1, -0.05) is 24.4 Å². The first-order chi connectivity index (χ1) is 10.1. The number of hydrogen-bond donors (Lipinski definition) is 2. The highest BCUT2D eigenvalue weighted by atomic mass is 32.1. The third-order valence-corrected chi connectivity index (χ3v) is 3.07. The third-order valence-electron chi connectivity index (χ3n) is 2.83. The fourth-order valence-electron chi connectivity index (χ4n) is 1.86. The summed E-state index contributed by atoms with van der Waals surface area (Å²) in [6, 6.07) is 12.3. The second kappa shape index (κ2) is 6.95. The van der Waals surface area contributed by atoms with Gasteiger partial charge in [-0.2, -0.15) is 0 Å². The van der Waals surface area contributed by atoms with Crippen LogP contribution in [0.1, 0.15) is 18.1 Å². The minimum Gasteiger partial charge on any atom is -0.508 e. The molecule has 0 amide bonds. The SMILES string of the molecule is CCOc1cc(C(N)=S)ccc1OCc1cccc(O)c1. The molecular formula is C16H17NO3S. The van der Waals surface area contributed by atoms with Gasteiger partial charge in [0.25, 0.3) is 0 Å². The van der Waals surface area contributed by atoms with E-state index < -0.39 is 0 Å². The molecule has 0 atom stereocenters. The van der Waals surface area contributed by atoms with Crippen molar-refractivity contribution in [3.8, 4) is 17.2 Å². The third kappa shape index (κ3) is 4.10. The summed E-state index contributed by atoms with van der Waals surface area (Å²) in [5.74, 6) is 1.42. The van der Waals surface area contributed by atoms with Crippen molar-refractivity contribution in [1.29, 1.82) is 0 Å². The molecule has 21 heavy (non-hydrogen) atoms. The standard InChI is InChI=1S/C16H17NO3S/c1-2-19-15-9-12(16(17)21)6-7-14(15)20-10-11-4-3-5-13(18)8-11/h3-9,18H,2,10H2,1H3,(H2,17,21). The zero-order valence-electron chi connectivity index (χ0n) is 11.7. The molecule has 0 saturated heterocycles. The van der Waals surface area contributed by atoms with E-state index in [0.29, 0.717) is 29.7 Å². The van der Waals surface area contributed by atoms with Gasteiger partial charge in [0, 0.05) is 5.56 Å². The minimum absolute atomic E-state index is 0.213. The molecule has 2 aromatic rings. The number of thiocarbonyl (C=S) groups is 1. The van der Waals surface area contributed by atoms with Gasteiger partial charge in [0.1, 0.15) is 17.3 Å². The zero-order valence-corrected chi connectivity index (χ0v) is 12.5. The highest BCUT2D eigenvalue weighted by molar-refractivity contribution is 7.80. The monoisotopic (exact) mass is 303 g/mol. The fraction of sp³-hybridized carbons (Fsp3) is 0.188. The van der Waals surface area contributed by atoms with Crippen molar-refractivity contribution in [2.45, 2.75) is 13.5 Å². The number of hydrogen-bond acceptors (Lipinski definition) is 4. The number of benzene rings is 2. The Morgan fingerprint density at radius 1 is 1.14 bits per heavy atom. The molecule has 0 radical (unpaired) electrons. The summed E-state index contributed by atoms with van der Waals surface area (Å²) in [6.45, 7) is 2.75. The van der Waals surface area contributed by atoms with Gasteiger partial charge < -0.3 is 20.3 Å². The Labute approximate surface area is 129 Å². The van der Waals surface area contributed by atoms with Crippen molar-refractivity contribution >= 4 is 17.2 Å². The molecule has 5 heteroatoms. The lowest BCUT2D eigenvalue weighted by molar-refractivity contribution is 0.269. The van der Waals surface area contributed by atoms with Crippen LogP contribution in [0.5, 0.6) is 17.2 Å². The largest absolute Gasteiger partial charge is 0.508 e. The Morgan fingerprint density at radius 2 is 1.95 bits per heavy atom. The van der Waals surface area contributed by atoms with Gasteiger partial charge in [0.2, 0.25) is 0 Å². The van der Waals surface area contributed by atoms with Gasteiger partial charge in [0.15, 0.2) is 11.5 Å². The van der Waals surface area contributed by atoms with Crippen molar-refractivity contribution < 1.29 is 14.6 Å². The maximum absolute atomic E-state index is 9.44. The normalized spacial score (nSPS) is 10.1. The van der Waals surface area contributed by atoms with Crippen molar-refractivity contribution in [2.24, 2.45) is 5.73 Å². The molecule has 110 valence electrons. The van der Waals surface area contributed by atoms with Gasteiger partial charge in [0.05, 0.1) is 6.61 Å². The van der Waals surface area contributed by atoms with E-state index >= 15 is 0 Å². The van der Waals surface area contributed by atoms with E-state index in [9.17, 15) is 5.11 Å². The number of ether oxygens (including phenoxy) is 2. The molecular weight excluding hydrogens is 286 g/mol. The number of rotatable bonds is 6. The average molecular weight is 303 g/mol. The molecule has 0 saturated carbocycles. The summed E-state index contributed by atoms with van der Waals surface area (Å²) >= 11 is 4.96. The van der Waals surface area contributed by atoms with Gasteiger partial charge in [-0.3, -0.25) is 0 Å². The molecule has 0 aromatic heterocycles. The molecule has 0 bridgehead atoms. The maximum atomic E-state index is 9.44. The van der Waals surface area contributed by atoms with E-state index in [4.69, 9.17) is 27.4 Å². The average Bonchev–Trinajstić information content (AvgIpc) is 2.46. The number of phenols is 1. The van der Waals surface area contributed by atoms with E-state index in [1.54, 1.807) is 36.4 Å². The van der Waals surface area contributed by atoms with E-state index in [1.165, 1.54) is 0 Å². The maximum Gasteiger partial charge on any atom is 0.161 e. The van der Waals surface area contributed by atoms with Crippen molar-refractivity contribution in [2.75, 3.05) is 6.61 Å². The molecule has 3 N–H and O–H groups in total. The zero-order chi connectivity index (χ0) is 15.2. The van der Waals surface area contributed by atoms with Gasteiger partial charge >= 0.3 is 0 Å².